The van der Waals surface area contributed by atoms with Gasteiger partial charge in [-0.15, -0.1) is 0 Å². The Kier molecular flexibility index (Phi) is 2.47. The van der Waals surface area contributed by atoms with Crippen molar-refractivity contribution in [2.24, 2.45) is 5.41 Å². The van der Waals surface area contributed by atoms with Crippen molar-refractivity contribution in [2.75, 3.05) is 13.2 Å². The highest BCUT2D eigenvalue weighted by molar-refractivity contribution is 5.91. The minimum absolute atomic E-state index is 0.0386. The Bertz CT molecular complexity index is 214. The third-order valence-corrected chi connectivity index (χ3v) is 2.28. The van der Waals surface area contributed by atoms with Crippen LogP contribution in [0, 0.1) is 5.41 Å². The number of rotatable bonds is 1. The Hall–Kier alpha value is -0.900. The van der Waals surface area contributed by atoms with Crippen LogP contribution in [0.3, 0.4) is 0 Å². The molecular weight excluding hydrogens is 158 g/mol. The van der Waals surface area contributed by atoms with Gasteiger partial charge in [0, 0.05) is 19.4 Å². The van der Waals surface area contributed by atoms with Crippen LogP contribution in [0.2, 0.25) is 0 Å². The van der Waals surface area contributed by atoms with Gasteiger partial charge in [0.2, 0.25) is 5.91 Å². The maximum Gasteiger partial charge on any atom is 0.220 e. The molecule has 0 bridgehead atoms. The van der Waals surface area contributed by atoms with Crippen molar-refractivity contribution in [1.82, 2.24) is 5.32 Å². The summed E-state index contributed by atoms with van der Waals surface area (Å²) in [5.74, 6) is -0.149. The van der Waals surface area contributed by atoms with Crippen molar-refractivity contribution in [3.63, 3.8) is 0 Å². The summed E-state index contributed by atoms with van der Waals surface area (Å²) >= 11 is 0. The first kappa shape index (κ1) is 9.19. The molecule has 1 atom stereocenters. The number of nitrogens with one attached hydrogen (secondary N) is 1. The van der Waals surface area contributed by atoms with E-state index in [0.29, 0.717) is 0 Å². The number of hydrogen-bond donors (Lipinski definition) is 2. The van der Waals surface area contributed by atoms with E-state index in [1.54, 1.807) is 6.92 Å². The summed E-state index contributed by atoms with van der Waals surface area (Å²) in [5.41, 5.74) is -0.772. The molecule has 12 heavy (non-hydrogen) atoms. The molecule has 4 nitrogen and oxygen atoms in total. The Balaban J connectivity index is 2.75. The van der Waals surface area contributed by atoms with Gasteiger partial charge in [-0.3, -0.25) is 9.59 Å². The third-order valence-electron chi connectivity index (χ3n) is 2.28. The van der Waals surface area contributed by atoms with Gasteiger partial charge in [0.15, 0.2) is 0 Å². The number of hydrogen-bond acceptors (Lipinski definition) is 3. The molecule has 1 amide bonds. The molecule has 0 aromatic heterocycles. The van der Waals surface area contributed by atoms with E-state index in [4.69, 9.17) is 5.11 Å². The van der Waals surface area contributed by atoms with E-state index in [0.717, 1.165) is 0 Å². The molecule has 2 N–H and O–H groups in total. The quantitative estimate of drug-likeness (QED) is 0.557. The zero-order valence-electron chi connectivity index (χ0n) is 7.09. The van der Waals surface area contributed by atoms with Crippen LogP contribution in [-0.4, -0.2) is 29.9 Å². The first-order valence-corrected chi connectivity index (χ1v) is 3.99. The molecule has 0 saturated carbocycles. The lowest BCUT2D eigenvalue weighted by atomic mass is 9.85. The lowest BCUT2D eigenvalue weighted by Gasteiger charge is -2.22. The zero-order valence-corrected chi connectivity index (χ0v) is 7.09. The van der Waals surface area contributed by atoms with Crippen molar-refractivity contribution in [3.05, 3.63) is 0 Å². The van der Waals surface area contributed by atoms with Gasteiger partial charge < -0.3 is 10.4 Å². The van der Waals surface area contributed by atoms with Crippen LogP contribution in [-0.2, 0) is 9.59 Å². The summed E-state index contributed by atoms with van der Waals surface area (Å²) in [6, 6.07) is 0. The second kappa shape index (κ2) is 3.23. The van der Waals surface area contributed by atoms with Gasteiger partial charge in [-0.1, -0.05) is 0 Å². The van der Waals surface area contributed by atoms with E-state index in [2.05, 4.69) is 5.32 Å². The SMILES string of the molecule is CC1(CO)CNC(=O)CCC1=O. The number of carbonyl (C=O) groups is 2. The van der Waals surface area contributed by atoms with E-state index < -0.39 is 5.41 Å². The van der Waals surface area contributed by atoms with Crippen LogP contribution in [0.4, 0.5) is 0 Å². The summed E-state index contributed by atoms with van der Waals surface area (Å²) < 4.78 is 0. The first-order chi connectivity index (χ1) is 5.58. The number of Topliss-reactive ketones (excluding diaryl/α,β-unsaturated/α-hetero) is 1. The number of ketones is 1. The Labute approximate surface area is 71.0 Å². The summed E-state index contributed by atoms with van der Waals surface area (Å²) in [7, 11) is 0. The maximum atomic E-state index is 11.4. The van der Waals surface area contributed by atoms with Crippen LogP contribution in [0.1, 0.15) is 19.8 Å². The largest absolute Gasteiger partial charge is 0.395 e. The third kappa shape index (κ3) is 1.64. The van der Waals surface area contributed by atoms with Crippen LogP contribution >= 0.6 is 0 Å². The molecule has 0 aromatic carbocycles. The number of amides is 1. The number of carbonyl (C=O) groups excluding carboxylic acids is 2. The Morgan fingerprint density at radius 3 is 2.75 bits per heavy atom. The lowest BCUT2D eigenvalue weighted by Crippen LogP contribution is -2.40. The molecule has 1 fully saturated rings. The fourth-order valence-electron chi connectivity index (χ4n) is 1.15. The molecule has 0 spiro atoms. The summed E-state index contributed by atoms with van der Waals surface area (Å²) in [5, 5.41) is 11.6. The van der Waals surface area contributed by atoms with Crippen LogP contribution in [0.15, 0.2) is 0 Å². The summed E-state index contributed by atoms with van der Waals surface area (Å²) in [6.07, 6.45) is 0.483. The van der Waals surface area contributed by atoms with Crippen molar-refractivity contribution in [1.29, 1.82) is 0 Å². The van der Waals surface area contributed by atoms with E-state index >= 15 is 0 Å². The number of aliphatic hydroxyl groups excluding tert-OH is 1. The monoisotopic (exact) mass is 171 g/mol. The minimum atomic E-state index is -0.772. The minimum Gasteiger partial charge on any atom is -0.395 e. The van der Waals surface area contributed by atoms with E-state index in [9.17, 15) is 9.59 Å². The predicted molar refractivity (Wildman–Crippen MR) is 42.4 cm³/mol. The molecule has 0 aliphatic carbocycles. The smallest absolute Gasteiger partial charge is 0.220 e. The fraction of sp³-hybridized carbons (Fsp3) is 0.750. The highest BCUT2D eigenvalue weighted by Crippen LogP contribution is 2.20. The standard InChI is InChI=1S/C8H13NO3/c1-8(5-10)4-9-7(12)3-2-6(8)11/h10H,2-5H2,1H3,(H,9,12). The van der Waals surface area contributed by atoms with Gasteiger partial charge in [-0.25, -0.2) is 0 Å². The van der Waals surface area contributed by atoms with Crippen LogP contribution < -0.4 is 5.32 Å². The molecule has 1 rings (SSSR count). The second-order valence-corrected chi connectivity index (χ2v) is 3.42. The van der Waals surface area contributed by atoms with E-state index in [1.165, 1.54) is 0 Å². The second-order valence-electron chi connectivity index (χ2n) is 3.42. The predicted octanol–water partition coefficient (Wildman–Crippen LogP) is -0.536. The van der Waals surface area contributed by atoms with Gasteiger partial charge in [-0.2, -0.15) is 0 Å². The van der Waals surface area contributed by atoms with Crippen molar-refractivity contribution in [3.8, 4) is 0 Å². The fourth-order valence-corrected chi connectivity index (χ4v) is 1.15. The first-order valence-electron chi connectivity index (χ1n) is 3.99. The van der Waals surface area contributed by atoms with Gasteiger partial charge >= 0.3 is 0 Å². The van der Waals surface area contributed by atoms with E-state index in [1.807, 2.05) is 0 Å². The molecule has 0 aromatic rings. The molecule has 0 radical (unpaired) electrons. The summed E-state index contributed by atoms with van der Waals surface area (Å²) in [4.78, 5) is 22.2. The van der Waals surface area contributed by atoms with Gasteiger partial charge in [0.05, 0.1) is 12.0 Å². The Morgan fingerprint density at radius 1 is 1.50 bits per heavy atom. The van der Waals surface area contributed by atoms with Crippen molar-refractivity contribution < 1.29 is 14.7 Å². The molecule has 1 unspecified atom stereocenters. The highest BCUT2D eigenvalue weighted by Gasteiger charge is 2.34. The lowest BCUT2D eigenvalue weighted by molar-refractivity contribution is -0.129. The molecule has 1 heterocycles. The molecule has 68 valence electrons. The molecule has 4 heteroatoms. The molecular formula is C8H13NO3. The molecule has 1 aliphatic heterocycles. The number of aliphatic hydroxyl groups is 1. The average Bonchev–Trinajstić information content (AvgIpc) is 2.19. The Morgan fingerprint density at radius 2 is 2.17 bits per heavy atom. The molecule has 1 saturated heterocycles. The zero-order chi connectivity index (χ0) is 9.19. The molecule has 1 aliphatic rings. The van der Waals surface area contributed by atoms with Crippen LogP contribution in [0.25, 0.3) is 0 Å². The van der Waals surface area contributed by atoms with Crippen LogP contribution in [0.5, 0.6) is 0 Å². The van der Waals surface area contributed by atoms with Gasteiger partial charge in [-0.05, 0) is 6.92 Å². The average molecular weight is 171 g/mol. The van der Waals surface area contributed by atoms with Crippen molar-refractivity contribution in [2.45, 2.75) is 19.8 Å². The van der Waals surface area contributed by atoms with E-state index in [-0.39, 0.29) is 37.7 Å². The normalized spacial score (nSPS) is 31.2. The van der Waals surface area contributed by atoms with Crippen molar-refractivity contribution >= 4 is 11.7 Å². The maximum absolute atomic E-state index is 11.4. The van der Waals surface area contributed by atoms with Gasteiger partial charge in [0.1, 0.15) is 5.78 Å². The highest BCUT2D eigenvalue weighted by atomic mass is 16.3. The summed E-state index contributed by atoms with van der Waals surface area (Å²) in [6.45, 7) is 1.72. The topological polar surface area (TPSA) is 66.4 Å². The van der Waals surface area contributed by atoms with Gasteiger partial charge in [0.25, 0.3) is 0 Å².